The standard InChI is InChI=1S/C16H20N2O/c1-11(2)18(10-12-3-4-12)16(19)14-6-5-13-7-8-17-15(13)9-14/h5-9,11-12,17H,3-4,10H2,1-2H3. The Morgan fingerprint density at radius 3 is 2.84 bits per heavy atom. The van der Waals surface area contributed by atoms with Crippen molar-refractivity contribution >= 4 is 16.8 Å². The second kappa shape index (κ2) is 4.72. The Morgan fingerprint density at radius 1 is 1.37 bits per heavy atom. The number of amides is 1. The van der Waals surface area contributed by atoms with E-state index in [2.05, 4.69) is 18.8 Å². The number of nitrogens with zero attached hydrogens (tertiary/aromatic N) is 1. The van der Waals surface area contributed by atoms with Crippen molar-refractivity contribution in [2.75, 3.05) is 6.54 Å². The number of hydrogen-bond acceptors (Lipinski definition) is 1. The van der Waals surface area contributed by atoms with E-state index in [9.17, 15) is 4.79 Å². The van der Waals surface area contributed by atoms with Gasteiger partial charge in [-0.05, 0) is 56.2 Å². The minimum absolute atomic E-state index is 0.151. The maximum atomic E-state index is 12.6. The number of benzene rings is 1. The fourth-order valence-electron chi connectivity index (χ4n) is 2.45. The molecule has 1 N–H and O–H groups in total. The molecule has 0 aliphatic heterocycles. The number of fused-ring (bicyclic) bond motifs is 1. The first kappa shape index (κ1) is 12.3. The van der Waals surface area contributed by atoms with Crippen LogP contribution in [0.25, 0.3) is 10.9 Å². The van der Waals surface area contributed by atoms with Crippen molar-refractivity contribution in [2.24, 2.45) is 5.92 Å². The summed E-state index contributed by atoms with van der Waals surface area (Å²) in [7, 11) is 0. The molecule has 1 aromatic carbocycles. The first-order valence-corrected chi connectivity index (χ1v) is 7.03. The summed E-state index contributed by atoms with van der Waals surface area (Å²) in [6.45, 7) is 5.08. The molecule has 0 atom stereocenters. The van der Waals surface area contributed by atoms with E-state index in [0.29, 0.717) is 0 Å². The Bertz CT molecular complexity index is 596. The van der Waals surface area contributed by atoms with Gasteiger partial charge in [0.15, 0.2) is 0 Å². The highest BCUT2D eigenvalue weighted by Crippen LogP contribution is 2.31. The van der Waals surface area contributed by atoms with Gasteiger partial charge in [0.2, 0.25) is 0 Å². The van der Waals surface area contributed by atoms with E-state index < -0.39 is 0 Å². The molecule has 0 saturated heterocycles. The van der Waals surface area contributed by atoms with Crippen molar-refractivity contribution in [3.8, 4) is 0 Å². The molecule has 3 nitrogen and oxygen atoms in total. The number of aromatic amines is 1. The van der Waals surface area contributed by atoms with Gasteiger partial charge in [-0.2, -0.15) is 0 Å². The van der Waals surface area contributed by atoms with E-state index in [0.717, 1.165) is 28.9 Å². The van der Waals surface area contributed by atoms with E-state index in [-0.39, 0.29) is 11.9 Å². The van der Waals surface area contributed by atoms with Crippen LogP contribution in [0.5, 0.6) is 0 Å². The fraction of sp³-hybridized carbons (Fsp3) is 0.438. The Labute approximate surface area is 113 Å². The first-order valence-electron chi connectivity index (χ1n) is 7.03. The van der Waals surface area contributed by atoms with Crippen LogP contribution in [-0.2, 0) is 0 Å². The molecule has 1 heterocycles. The lowest BCUT2D eigenvalue weighted by Crippen LogP contribution is -2.38. The summed E-state index contributed by atoms with van der Waals surface area (Å²) < 4.78 is 0. The molecule has 0 bridgehead atoms. The van der Waals surface area contributed by atoms with Gasteiger partial charge in [0, 0.05) is 29.9 Å². The average Bonchev–Trinajstić information content (AvgIpc) is 3.09. The van der Waals surface area contributed by atoms with Crippen LogP contribution in [0, 0.1) is 5.92 Å². The molecule has 3 rings (SSSR count). The molecule has 0 radical (unpaired) electrons. The molecule has 0 spiro atoms. The maximum absolute atomic E-state index is 12.6. The summed E-state index contributed by atoms with van der Waals surface area (Å²) in [6, 6.07) is 8.18. The molecule has 3 heteroatoms. The molecule has 1 aliphatic rings. The van der Waals surface area contributed by atoms with Crippen LogP contribution in [0.4, 0.5) is 0 Å². The highest BCUT2D eigenvalue weighted by atomic mass is 16.2. The summed E-state index contributed by atoms with van der Waals surface area (Å²) in [5.74, 6) is 0.874. The van der Waals surface area contributed by atoms with Gasteiger partial charge in [0.05, 0.1) is 0 Å². The molecule has 1 aromatic heterocycles. The van der Waals surface area contributed by atoms with Gasteiger partial charge in [0.25, 0.3) is 5.91 Å². The van der Waals surface area contributed by atoms with Crippen molar-refractivity contribution in [1.29, 1.82) is 0 Å². The van der Waals surface area contributed by atoms with Gasteiger partial charge < -0.3 is 9.88 Å². The van der Waals surface area contributed by atoms with Gasteiger partial charge in [-0.1, -0.05) is 6.07 Å². The molecule has 1 aliphatic carbocycles. The molecule has 2 aromatic rings. The van der Waals surface area contributed by atoms with Crippen molar-refractivity contribution in [3.63, 3.8) is 0 Å². The smallest absolute Gasteiger partial charge is 0.254 e. The first-order chi connectivity index (χ1) is 9.15. The van der Waals surface area contributed by atoms with Crippen LogP contribution >= 0.6 is 0 Å². The van der Waals surface area contributed by atoms with E-state index in [1.165, 1.54) is 12.8 Å². The summed E-state index contributed by atoms with van der Waals surface area (Å²) in [4.78, 5) is 17.8. The zero-order chi connectivity index (χ0) is 13.4. The topological polar surface area (TPSA) is 36.1 Å². The number of H-pyrrole nitrogens is 1. The predicted molar refractivity (Wildman–Crippen MR) is 77.2 cm³/mol. The third kappa shape index (κ3) is 2.50. The van der Waals surface area contributed by atoms with E-state index in [1.54, 1.807) is 0 Å². The van der Waals surface area contributed by atoms with Gasteiger partial charge in [0.1, 0.15) is 0 Å². The lowest BCUT2D eigenvalue weighted by Gasteiger charge is -2.27. The molecular formula is C16H20N2O. The van der Waals surface area contributed by atoms with Crippen molar-refractivity contribution < 1.29 is 4.79 Å². The van der Waals surface area contributed by atoms with Crippen molar-refractivity contribution in [3.05, 3.63) is 36.0 Å². The number of carbonyl (C=O) groups excluding carboxylic acids is 1. The maximum Gasteiger partial charge on any atom is 0.254 e. The molecule has 1 fully saturated rings. The molecule has 100 valence electrons. The molecule has 1 amide bonds. The number of nitrogens with one attached hydrogen (secondary N) is 1. The summed E-state index contributed by atoms with van der Waals surface area (Å²) in [6.07, 6.45) is 4.45. The normalized spacial score (nSPS) is 15.1. The fourth-order valence-corrected chi connectivity index (χ4v) is 2.45. The Morgan fingerprint density at radius 2 is 2.16 bits per heavy atom. The highest BCUT2D eigenvalue weighted by molar-refractivity contribution is 5.98. The SMILES string of the molecule is CC(C)N(CC1CC1)C(=O)c1ccc2cc[nH]c2c1. The quantitative estimate of drug-likeness (QED) is 0.894. The van der Waals surface area contributed by atoms with Crippen LogP contribution < -0.4 is 0 Å². The second-order valence-corrected chi connectivity index (χ2v) is 5.77. The lowest BCUT2D eigenvalue weighted by atomic mass is 10.1. The zero-order valence-corrected chi connectivity index (χ0v) is 11.5. The van der Waals surface area contributed by atoms with Crippen molar-refractivity contribution in [1.82, 2.24) is 9.88 Å². The van der Waals surface area contributed by atoms with Gasteiger partial charge in [-0.3, -0.25) is 4.79 Å². The largest absolute Gasteiger partial charge is 0.361 e. The van der Waals surface area contributed by atoms with Crippen LogP contribution in [0.3, 0.4) is 0 Å². The molecule has 0 unspecified atom stereocenters. The minimum atomic E-state index is 0.151. The Balaban J connectivity index is 1.86. The summed E-state index contributed by atoms with van der Waals surface area (Å²) in [5.41, 5.74) is 1.81. The lowest BCUT2D eigenvalue weighted by molar-refractivity contribution is 0.0696. The Hall–Kier alpha value is -1.77. The summed E-state index contributed by atoms with van der Waals surface area (Å²) >= 11 is 0. The van der Waals surface area contributed by atoms with Crippen LogP contribution in [0.1, 0.15) is 37.0 Å². The molecular weight excluding hydrogens is 236 g/mol. The third-order valence-corrected chi connectivity index (χ3v) is 3.84. The van der Waals surface area contributed by atoms with E-state index in [4.69, 9.17) is 0 Å². The number of aromatic nitrogens is 1. The van der Waals surface area contributed by atoms with Gasteiger partial charge in [-0.15, -0.1) is 0 Å². The monoisotopic (exact) mass is 256 g/mol. The third-order valence-electron chi connectivity index (χ3n) is 3.84. The Kier molecular flexibility index (Phi) is 3.05. The second-order valence-electron chi connectivity index (χ2n) is 5.77. The highest BCUT2D eigenvalue weighted by Gasteiger charge is 2.28. The van der Waals surface area contributed by atoms with Crippen molar-refractivity contribution in [2.45, 2.75) is 32.7 Å². The predicted octanol–water partition coefficient (Wildman–Crippen LogP) is 3.43. The number of rotatable bonds is 4. The van der Waals surface area contributed by atoms with E-state index in [1.807, 2.05) is 35.4 Å². The average molecular weight is 256 g/mol. The zero-order valence-electron chi connectivity index (χ0n) is 11.5. The molecule has 1 saturated carbocycles. The number of hydrogen-bond donors (Lipinski definition) is 1. The summed E-state index contributed by atoms with van der Waals surface area (Å²) in [5, 5.41) is 1.15. The van der Waals surface area contributed by atoms with Crippen LogP contribution in [0.15, 0.2) is 30.5 Å². The van der Waals surface area contributed by atoms with Crippen LogP contribution in [0.2, 0.25) is 0 Å². The van der Waals surface area contributed by atoms with Gasteiger partial charge in [-0.25, -0.2) is 0 Å². The van der Waals surface area contributed by atoms with Gasteiger partial charge >= 0.3 is 0 Å². The molecule has 19 heavy (non-hydrogen) atoms. The van der Waals surface area contributed by atoms with Crippen LogP contribution in [-0.4, -0.2) is 28.4 Å². The minimum Gasteiger partial charge on any atom is -0.361 e. The number of carbonyl (C=O) groups is 1. The van der Waals surface area contributed by atoms with E-state index >= 15 is 0 Å².